The zero-order chi connectivity index (χ0) is 21.3. The van der Waals surface area contributed by atoms with Crippen LogP contribution >= 0.6 is 15.9 Å². The summed E-state index contributed by atoms with van der Waals surface area (Å²) < 4.78 is 5.31. The van der Waals surface area contributed by atoms with Crippen LogP contribution < -0.4 is 15.0 Å². The molecule has 2 N–H and O–H groups in total. The molecule has 1 aliphatic rings. The van der Waals surface area contributed by atoms with Crippen molar-refractivity contribution in [3.05, 3.63) is 62.1 Å². The van der Waals surface area contributed by atoms with Crippen LogP contribution in [0.4, 0.5) is 16.2 Å². The maximum Gasteiger partial charge on any atom is 0.335 e. The third kappa shape index (κ3) is 3.80. The maximum atomic E-state index is 12.8. The van der Waals surface area contributed by atoms with Gasteiger partial charge in [0.25, 0.3) is 17.5 Å². The number of amides is 4. The van der Waals surface area contributed by atoms with E-state index < -0.39 is 22.8 Å². The molecule has 0 atom stereocenters. The molecular weight excluding hydrogens is 450 g/mol. The van der Waals surface area contributed by atoms with Gasteiger partial charge in [-0.3, -0.25) is 25.0 Å². The molecule has 1 aliphatic heterocycles. The highest BCUT2D eigenvalue weighted by molar-refractivity contribution is 9.10. The number of hydrogen-bond acceptors (Lipinski definition) is 7. The van der Waals surface area contributed by atoms with Crippen LogP contribution in [-0.4, -0.2) is 35.0 Å². The van der Waals surface area contributed by atoms with E-state index in [4.69, 9.17) is 4.74 Å². The average Bonchev–Trinajstić information content (AvgIpc) is 2.68. The highest BCUT2D eigenvalue weighted by atomic mass is 79.9. The Labute approximate surface area is 171 Å². The summed E-state index contributed by atoms with van der Waals surface area (Å²) in [5.41, 5.74) is -0.155. The first-order valence-electron chi connectivity index (χ1n) is 7.95. The predicted molar refractivity (Wildman–Crippen MR) is 104 cm³/mol. The number of phenolic OH excluding ortho intramolecular Hbond substituents is 1. The van der Waals surface area contributed by atoms with Crippen LogP contribution in [0.15, 0.2) is 46.4 Å². The van der Waals surface area contributed by atoms with E-state index in [0.29, 0.717) is 10.5 Å². The lowest BCUT2D eigenvalue weighted by Crippen LogP contribution is -2.54. The number of non-ortho nitro benzene ring substituents is 1. The number of anilines is 1. The van der Waals surface area contributed by atoms with Gasteiger partial charge in [-0.05, 0) is 51.8 Å². The smallest absolute Gasteiger partial charge is 0.335 e. The van der Waals surface area contributed by atoms with E-state index in [1.54, 1.807) is 0 Å². The van der Waals surface area contributed by atoms with Crippen LogP contribution in [0.25, 0.3) is 6.08 Å². The number of nitrogens with one attached hydrogen (secondary N) is 1. The van der Waals surface area contributed by atoms with E-state index >= 15 is 0 Å². The van der Waals surface area contributed by atoms with Crippen molar-refractivity contribution >= 4 is 51.2 Å². The Morgan fingerprint density at radius 3 is 2.45 bits per heavy atom. The normalized spacial score (nSPS) is 15.4. The molecular formula is C18H12BrN3O7. The Bertz CT molecular complexity index is 1080. The number of carbonyl (C=O) groups is 3. The minimum absolute atomic E-state index is 0.0565. The molecule has 1 fully saturated rings. The summed E-state index contributed by atoms with van der Waals surface area (Å²) in [7, 11) is 1.34. The van der Waals surface area contributed by atoms with E-state index in [2.05, 4.69) is 21.2 Å². The molecule has 3 rings (SSSR count). The lowest BCUT2D eigenvalue weighted by Gasteiger charge is -2.26. The van der Waals surface area contributed by atoms with Gasteiger partial charge in [0.15, 0.2) is 11.5 Å². The molecule has 0 saturated carbocycles. The van der Waals surface area contributed by atoms with E-state index in [1.165, 1.54) is 37.5 Å². The second-order valence-electron chi connectivity index (χ2n) is 5.78. The Kier molecular flexibility index (Phi) is 5.33. The third-order valence-electron chi connectivity index (χ3n) is 4.00. The zero-order valence-electron chi connectivity index (χ0n) is 14.7. The molecule has 0 radical (unpaired) electrons. The standard InChI is InChI=1S/C18H12BrN3O7/c1-29-14-8-9(7-13(19)15(14)23)6-12-16(24)20-18(26)21(17(12)25)10-2-4-11(5-3-10)22(27)28/h2-8,23H,1H3,(H,20,24,26)/b12-6+. The van der Waals surface area contributed by atoms with Crippen LogP contribution in [0.5, 0.6) is 11.5 Å². The number of halogens is 1. The van der Waals surface area contributed by atoms with Gasteiger partial charge >= 0.3 is 6.03 Å². The summed E-state index contributed by atoms with van der Waals surface area (Å²) in [5, 5.41) is 22.7. The lowest BCUT2D eigenvalue weighted by atomic mass is 10.1. The van der Waals surface area contributed by atoms with Crippen LogP contribution in [-0.2, 0) is 9.59 Å². The second-order valence-corrected chi connectivity index (χ2v) is 6.64. The fraction of sp³-hybridized carbons (Fsp3) is 0.0556. The number of benzene rings is 2. The molecule has 29 heavy (non-hydrogen) atoms. The number of aromatic hydroxyl groups is 1. The number of methoxy groups -OCH3 is 1. The Morgan fingerprint density at radius 1 is 1.21 bits per heavy atom. The van der Waals surface area contributed by atoms with Gasteiger partial charge in [0, 0.05) is 12.1 Å². The van der Waals surface area contributed by atoms with Crippen molar-refractivity contribution in [2.45, 2.75) is 0 Å². The highest BCUT2D eigenvalue weighted by Crippen LogP contribution is 2.36. The first-order chi connectivity index (χ1) is 13.7. The highest BCUT2D eigenvalue weighted by Gasteiger charge is 2.37. The number of barbiturate groups is 1. The number of nitro groups is 1. The molecule has 0 unspecified atom stereocenters. The Morgan fingerprint density at radius 2 is 1.86 bits per heavy atom. The molecule has 1 saturated heterocycles. The predicted octanol–water partition coefficient (Wildman–Crippen LogP) is 2.74. The lowest BCUT2D eigenvalue weighted by molar-refractivity contribution is -0.384. The van der Waals surface area contributed by atoms with E-state index in [-0.39, 0.29) is 32.9 Å². The van der Waals surface area contributed by atoms with Gasteiger partial charge in [0.05, 0.1) is 22.2 Å². The SMILES string of the molecule is COc1cc(/C=C2\C(=O)NC(=O)N(c3ccc([N+](=O)[O-])cc3)C2=O)cc(Br)c1O. The van der Waals surface area contributed by atoms with Crippen LogP contribution in [0.1, 0.15) is 5.56 Å². The molecule has 10 nitrogen and oxygen atoms in total. The molecule has 148 valence electrons. The van der Waals surface area contributed by atoms with E-state index in [1.807, 2.05) is 0 Å². The molecule has 11 heteroatoms. The fourth-order valence-electron chi connectivity index (χ4n) is 2.61. The molecule has 0 aromatic heterocycles. The summed E-state index contributed by atoms with van der Waals surface area (Å²) in [6.45, 7) is 0. The molecule has 4 amide bonds. The maximum absolute atomic E-state index is 12.8. The van der Waals surface area contributed by atoms with Crippen molar-refractivity contribution in [3.8, 4) is 11.5 Å². The van der Waals surface area contributed by atoms with Gasteiger partial charge in [0.1, 0.15) is 5.57 Å². The monoisotopic (exact) mass is 461 g/mol. The topological polar surface area (TPSA) is 139 Å². The average molecular weight is 462 g/mol. The largest absolute Gasteiger partial charge is 0.503 e. The van der Waals surface area contributed by atoms with Crippen molar-refractivity contribution < 1.29 is 29.2 Å². The van der Waals surface area contributed by atoms with Gasteiger partial charge in [0.2, 0.25) is 0 Å². The van der Waals surface area contributed by atoms with E-state index in [9.17, 15) is 29.6 Å². The molecule has 0 spiro atoms. The van der Waals surface area contributed by atoms with Gasteiger partial charge in [-0.1, -0.05) is 0 Å². The number of rotatable bonds is 4. The number of urea groups is 1. The molecule has 0 aliphatic carbocycles. The van der Waals surface area contributed by atoms with Crippen molar-refractivity contribution in [3.63, 3.8) is 0 Å². The number of nitrogens with zero attached hydrogens (tertiary/aromatic N) is 2. The van der Waals surface area contributed by atoms with Gasteiger partial charge in [-0.2, -0.15) is 0 Å². The first kappa shape index (κ1) is 20.0. The minimum Gasteiger partial charge on any atom is -0.503 e. The molecule has 1 heterocycles. The summed E-state index contributed by atoms with van der Waals surface area (Å²) in [6.07, 6.45) is 1.23. The second kappa shape index (κ2) is 7.72. The Hall–Kier alpha value is -3.73. The van der Waals surface area contributed by atoms with Crippen molar-refractivity contribution in [1.29, 1.82) is 0 Å². The minimum atomic E-state index is -0.976. The third-order valence-corrected chi connectivity index (χ3v) is 4.61. The molecule has 2 aromatic rings. The van der Waals surface area contributed by atoms with Crippen molar-refractivity contribution in [2.24, 2.45) is 0 Å². The summed E-state index contributed by atoms with van der Waals surface area (Å²) in [4.78, 5) is 48.1. The quantitative estimate of drug-likeness (QED) is 0.308. The number of carbonyl (C=O) groups excluding carboxylic acids is 3. The number of nitro benzene ring substituents is 1. The van der Waals surface area contributed by atoms with Crippen molar-refractivity contribution in [2.75, 3.05) is 12.0 Å². The molecule has 0 bridgehead atoms. The first-order valence-corrected chi connectivity index (χ1v) is 8.74. The van der Waals surface area contributed by atoms with E-state index in [0.717, 1.165) is 12.1 Å². The number of ether oxygens (including phenoxy) is 1. The van der Waals surface area contributed by atoms with Gasteiger partial charge < -0.3 is 9.84 Å². The number of phenols is 1. The van der Waals surface area contributed by atoms with Crippen LogP contribution in [0, 0.1) is 10.1 Å². The Balaban J connectivity index is 2.02. The summed E-state index contributed by atoms with van der Waals surface area (Å²) in [6, 6.07) is 6.61. The van der Waals surface area contributed by atoms with Gasteiger partial charge in [-0.25, -0.2) is 9.69 Å². The molecule has 2 aromatic carbocycles. The summed E-state index contributed by atoms with van der Waals surface area (Å²) >= 11 is 3.15. The number of imide groups is 2. The van der Waals surface area contributed by atoms with Crippen molar-refractivity contribution in [1.82, 2.24) is 5.32 Å². The van der Waals surface area contributed by atoms with Crippen LogP contribution in [0.2, 0.25) is 0 Å². The van der Waals surface area contributed by atoms with Gasteiger partial charge in [-0.15, -0.1) is 0 Å². The van der Waals surface area contributed by atoms with Crippen LogP contribution in [0.3, 0.4) is 0 Å². The fourth-order valence-corrected chi connectivity index (χ4v) is 3.07. The summed E-state index contributed by atoms with van der Waals surface area (Å²) in [5.74, 6) is -1.85. The zero-order valence-corrected chi connectivity index (χ0v) is 16.3. The number of hydrogen-bond donors (Lipinski definition) is 2.